The summed E-state index contributed by atoms with van der Waals surface area (Å²) in [6.07, 6.45) is 9.26. The average Bonchev–Trinajstić information content (AvgIpc) is 3.06. The van der Waals surface area contributed by atoms with Gasteiger partial charge >= 0.3 is 0 Å². The van der Waals surface area contributed by atoms with Gasteiger partial charge in [0.2, 0.25) is 5.91 Å². The lowest BCUT2D eigenvalue weighted by Gasteiger charge is -2.31. The molecule has 1 amide bonds. The molecule has 1 unspecified atom stereocenters. The predicted octanol–water partition coefficient (Wildman–Crippen LogP) is 2.17. The van der Waals surface area contributed by atoms with E-state index in [1.54, 1.807) is 0 Å². The summed E-state index contributed by atoms with van der Waals surface area (Å²) >= 11 is 1.94. The Hall–Kier alpha value is -0.220. The summed E-state index contributed by atoms with van der Waals surface area (Å²) in [6, 6.07) is 0. The molecule has 2 N–H and O–H groups in total. The van der Waals surface area contributed by atoms with Gasteiger partial charge in [0.15, 0.2) is 0 Å². The summed E-state index contributed by atoms with van der Waals surface area (Å²) in [6.45, 7) is 4.82. The molecule has 18 heavy (non-hydrogen) atoms. The minimum absolute atomic E-state index is 0.141. The van der Waals surface area contributed by atoms with Gasteiger partial charge in [0.1, 0.15) is 0 Å². The Balaban J connectivity index is 1.91. The fraction of sp³-hybridized carbons (Fsp3) is 0.929. The number of rotatable bonds is 5. The Morgan fingerprint density at radius 1 is 1.33 bits per heavy atom. The monoisotopic (exact) mass is 270 g/mol. The van der Waals surface area contributed by atoms with Crippen LogP contribution in [-0.4, -0.2) is 36.5 Å². The largest absolute Gasteiger partial charge is 0.354 e. The van der Waals surface area contributed by atoms with Gasteiger partial charge in [-0.15, -0.1) is 0 Å². The molecule has 1 aliphatic carbocycles. The van der Waals surface area contributed by atoms with E-state index >= 15 is 0 Å². The molecule has 4 heteroatoms. The molecule has 2 fully saturated rings. The molecule has 2 aliphatic rings. The summed E-state index contributed by atoms with van der Waals surface area (Å²) in [5.74, 6) is 0.273. The zero-order valence-corrected chi connectivity index (χ0v) is 12.5. The maximum atomic E-state index is 12.5. The summed E-state index contributed by atoms with van der Waals surface area (Å²) in [4.78, 5) is 12.5. The van der Waals surface area contributed by atoms with E-state index in [4.69, 9.17) is 0 Å². The van der Waals surface area contributed by atoms with Crippen molar-refractivity contribution in [1.82, 2.24) is 10.6 Å². The van der Waals surface area contributed by atoms with Gasteiger partial charge in [-0.05, 0) is 38.5 Å². The molecule has 104 valence electrons. The molecule has 3 nitrogen and oxygen atoms in total. The second-order valence-corrected chi connectivity index (χ2v) is 7.11. The first-order valence-electron chi connectivity index (χ1n) is 7.21. The summed E-state index contributed by atoms with van der Waals surface area (Å²) in [7, 11) is 0. The van der Waals surface area contributed by atoms with Crippen LogP contribution < -0.4 is 10.6 Å². The van der Waals surface area contributed by atoms with Crippen molar-refractivity contribution in [2.75, 3.05) is 25.9 Å². The molecule has 1 saturated heterocycles. The second kappa shape index (κ2) is 5.83. The van der Waals surface area contributed by atoms with Crippen molar-refractivity contribution in [2.45, 2.75) is 50.2 Å². The van der Waals surface area contributed by atoms with E-state index in [0.717, 1.165) is 32.5 Å². The molecule has 0 bridgehead atoms. The fourth-order valence-electron chi connectivity index (χ4n) is 3.30. The Kier molecular flexibility index (Phi) is 4.59. The summed E-state index contributed by atoms with van der Waals surface area (Å²) in [5, 5.41) is 6.58. The molecule has 0 aromatic heterocycles. The minimum Gasteiger partial charge on any atom is -0.354 e. The van der Waals surface area contributed by atoms with Crippen LogP contribution in [0.2, 0.25) is 0 Å². The number of hydrogen-bond donors (Lipinski definition) is 2. The molecule has 1 heterocycles. The summed E-state index contributed by atoms with van der Waals surface area (Å²) < 4.78 is 0.316. The van der Waals surface area contributed by atoms with Crippen LogP contribution in [0.4, 0.5) is 0 Å². The first-order chi connectivity index (χ1) is 8.66. The average molecular weight is 270 g/mol. The van der Waals surface area contributed by atoms with E-state index in [0.29, 0.717) is 4.75 Å². The van der Waals surface area contributed by atoms with E-state index in [2.05, 4.69) is 23.8 Å². The number of hydrogen-bond acceptors (Lipinski definition) is 3. The smallest absolute Gasteiger partial charge is 0.227 e. The van der Waals surface area contributed by atoms with Crippen molar-refractivity contribution in [3.8, 4) is 0 Å². The van der Waals surface area contributed by atoms with Gasteiger partial charge in [0, 0.05) is 17.8 Å². The lowest BCUT2D eigenvalue weighted by Crippen LogP contribution is -2.47. The van der Waals surface area contributed by atoms with Crippen molar-refractivity contribution in [1.29, 1.82) is 0 Å². The quantitative estimate of drug-likeness (QED) is 0.804. The van der Waals surface area contributed by atoms with Gasteiger partial charge in [0.05, 0.1) is 5.41 Å². The van der Waals surface area contributed by atoms with Crippen LogP contribution in [0.15, 0.2) is 0 Å². The van der Waals surface area contributed by atoms with Crippen LogP contribution in [0.3, 0.4) is 0 Å². The molecule has 0 aromatic carbocycles. The van der Waals surface area contributed by atoms with Crippen molar-refractivity contribution >= 4 is 17.7 Å². The zero-order chi connectivity index (χ0) is 13.1. The highest BCUT2D eigenvalue weighted by Gasteiger charge is 2.41. The molecular formula is C14H26N2OS. The van der Waals surface area contributed by atoms with Gasteiger partial charge in [-0.1, -0.05) is 19.8 Å². The third kappa shape index (κ3) is 2.69. The second-order valence-electron chi connectivity index (χ2n) is 5.84. The maximum absolute atomic E-state index is 12.5. The SMILES string of the molecule is CCC1(C(=O)NCC2(SC)CCCC2)CCNC1. The lowest BCUT2D eigenvalue weighted by atomic mass is 9.83. The van der Waals surface area contributed by atoms with Gasteiger partial charge in [-0.25, -0.2) is 0 Å². The maximum Gasteiger partial charge on any atom is 0.227 e. The zero-order valence-electron chi connectivity index (χ0n) is 11.7. The standard InChI is InChI=1S/C14H26N2OS/c1-3-13(8-9-15-10-13)12(17)16-11-14(18-2)6-4-5-7-14/h15H,3-11H2,1-2H3,(H,16,17). The van der Waals surface area contributed by atoms with Gasteiger partial charge in [-0.2, -0.15) is 11.8 Å². The van der Waals surface area contributed by atoms with Crippen LogP contribution in [0, 0.1) is 5.41 Å². The Labute approximate surface area is 115 Å². The van der Waals surface area contributed by atoms with Crippen LogP contribution in [0.5, 0.6) is 0 Å². The number of nitrogens with one attached hydrogen (secondary N) is 2. The molecule has 1 atom stereocenters. The normalized spacial score (nSPS) is 30.6. The number of carbonyl (C=O) groups excluding carboxylic acids is 1. The minimum atomic E-state index is -0.141. The number of amides is 1. The first-order valence-corrected chi connectivity index (χ1v) is 8.43. The van der Waals surface area contributed by atoms with Crippen LogP contribution in [-0.2, 0) is 4.79 Å². The highest BCUT2D eigenvalue weighted by molar-refractivity contribution is 8.00. The molecular weight excluding hydrogens is 244 g/mol. The van der Waals surface area contributed by atoms with E-state index < -0.39 is 0 Å². The third-order valence-electron chi connectivity index (χ3n) is 4.92. The van der Waals surface area contributed by atoms with Crippen molar-refractivity contribution in [3.05, 3.63) is 0 Å². The van der Waals surface area contributed by atoms with Gasteiger partial charge < -0.3 is 10.6 Å². The van der Waals surface area contributed by atoms with Crippen molar-refractivity contribution in [2.24, 2.45) is 5.41 Å². The Bertz CT molecular complexity index is 294. The topological polar surface area (TPSA) is 41.1 Å². The lowest BCUT2D eigenvalue weighted by molar-refractivity contribution is -0.130. The van der Waals surface area contributed by atoms with Gasteiger partial charge in [-0.3, -0.25) is 4.79 Å². The van der Waals surface area contributed by atoms with Gasteiger partial charge in [0.25, 0.3) is 0 Å². The van der Waals surface area contributed by atoms with Crippen LogP contribution in [0.25, 0.3) is 0 Å². The highest BCUT2D eigenvalue weighted by Crippen LogP contribution is 2.40. The Morgan fingerprint density at radius 2 is 2.06 bits per heavy atom. The molecule has 1 aliphatic heterocycles. The van der Waals surface area contributed by atoms with Crippen molar-refractivity contribution in [3.63, 3.8) is 0 Å². The fourth-order valence-corrected chi connectivity index (χ4v) is 4.21. The summed E-state index contributed by atoms with van der Waals surface area (Å²) in [5.41, 5.74) is -0.141. The third-order valence-corrected chi connectivity index (χ3v) is 6.34. The van der Waals surface area contributed by atoms with E-state index in [1.807, 2.05) is 11.8 Å². The molecule has 0 radical (unpaired) electrons. The van der Waals surface area contributed by atoms with Crippen molar-refractivity contribution < 1.29 is 4.79 Å². The number of thioether (sulfide) groups is 1. The predicted molar refractivity (Wildman–Crippen MR) is 77.9 cm³/mol. The number of carbonyl (C=O) groups is 1. The van der Waals surface area contributed by atoms with Crippen LogP contribution >= 0.6 is 11.8 Å². The first kappa shape index (κ1) is 14.2. The Morgan fingerprint density at radius 3 is 2.56 bits per heavy atom. The van der Waals surface area contributed by atoms with E-state index in [9.17, 15) is 4.79 Å². The molecule has 2 rings (SSSR count). The highest BCUT2D eigenvalue weighted by atomic mass is 32.2. The molecule has 0 aromatic rings. The van der Waals surface area contributed by atoms with Crippen LogP contribution in [0.1, 0.15) is 45.4 Å². The van der Waals surface area contributed by atoms with E-state index in [1.165, 1.54) is 25.7 Å². The molecule has 0 spiro atoms. The van der Waals surface area contributed by atoms with E-state index in [-0.39, 0.29) is 11.3 Å². The molecule has 1 saturated carbocycles.